The van der Waals surface area contributed by atoms with Gasteiger partial charge in [0.05, 0.1) is 12.1 Å². The van der Waals surface area contributed by atoms with Crippen molar-refractivity contribution >= 4 is 21.6 Å². The fourth-order valence-corrected chi connectivity index (χ4v) is 3.38. The minimum Gasteiger partial charge on any atom is -0.398 e. The second-order valence-electron chi connectivity index (χ2n) is 5.44. The zero-order chi connectivity index (χ0) is 15.0. The maximum absolute atomic E-state index is 6.05. The average molecular weight is 352 g/mol. The number of halogens is 1. The maximum atomic E-state index is 6.05. The van der Waals surface area contributed by atoms with Gasteiger partial charge in [-0.05, 0) is 54.3 Å². The highest BCUT2D eigenvalue weighted by Crippen LogP contribution is 2.35. The summed E-state index contributed by atoms with van der Waals surface area (Å²) in [4.78, 5) is 0. The summed E-state index contributed by atoms with van der Waals surface area (Å²) in [5, 5.41) is 12.3. The number of aromatic nitrogens is 4. The zero-order valence-corrected chi connectivity index (χ0v) is 13.7. The van der Waals surface area contributed by atoms with Gasteiger partial charge in [-0.25, -0.2) is 4.68 Å². The third-order valence-electron chi connectivity index (χ3n) is 4.18. The molecule has 3 rings (SSSR count). The number of benzene rings is 1. The van der Waals surface area contributed by atoms with E-state index in [1.165, 1.54) is 0 Å². The molecule has 1 aliphatic carbocycles. The normalized spacial score (nSPS) is 21.9. The number of ether oxygens (including phenoxy) is 1. The first-order valence-corrected chi connectivity index (χ1v) is 7.76. The molecule has 1 fully saturated rings. The predicted octanol–water partition coefficient (Wildman–Crippen LogP) is 2.73. The second kappa shape index (κ2) is 5.73. The van der Waals surface area contributed by atoms with E-state index in [-0.39, 0.29) is 6.04 Å². The van der Waals surface area contributed by atoms with Crippen LogP contribution in [0.15, 0.2) is 16.6 Å². The minimum absolute atomic E-state index is 0.277. The van der Waals surface area contributed by atoms with E-state index in [4.69, 9.17) is 10.5 Å². The van der Waals surface area contributed by atoms with E-state index < -0.39 is 0 Å². The Balaban J connectivity index is 2.00. The largest absolute Gasteiger partial charge is 0.398 e. The van der Waals surface area contributed by atoms with E-state index >= 15 is 0 Å². The standard InChI is InChI=1S/C14H18BrN5O/c1-8-12(5-9(15)6-13(8)16)14-17-18-19-20(14)10-3-4-11(7-10)21-2/h5-6,10-11H,3-4,7,16H2,1-2H3. The van der Waals surface area contributed by atoms with Gasteiger partial charge < -0.3 is 10.5 Å². The number of nitrogens with zero attached hydrogens (tertiary/aromatic N) is 4. The molecule has 0 radical (unpaired) electrons. The molecular weight excluding hydrogens is 334 g/mol. The Bertz CT molecular complexity index is 657. The van der Waals surface area contributed by atoms with Crippen molar-refractivity contribution in [3.63, 3.8) is 0 Å². The van der Waals surface area contributed by atoms with E-state index in [9.17, 15) is 0 Å². The average Bonchev–Trinajstić information content (AvgIpc) is 3.10. The molecule has 0 bridgehead atoms. The number of rotatable bonds is 3. The molecular formula is C14H18BrN5O. The van der Waals surface area contributed by atoms with Crippen LogP contribution in [0.4, 0.5) is 5.69 Å². The second-order valence-corrected chi connectivity index (χ2v) is 6.35. The molecule has 1 aromatic carbocycles. The zero-order valence-electron chi connectivity index (χ0n) is 12.1. The number of nitrogens with two attached hydrogens (primary N) is 1. The van der Waals surface area contributed by atoms with Crippen LogP contribution in [0.3, 0.4) is 0 Å². The molecule has 1 heterocycles. The van der Waals surface area contributed by atoms with Gasteiger partial charge in [-0.2, -0.15) is 0 Å². The molecule has 2 N–H and O–H groups in total. The Morgan fingerprint density at radius 1 is 1.38 bits per heavy atom. The van der Waals surface area contributed by atoms with E-state index in [0.717, 1.165) is 46.4 Å². The highest BCUT2D eigenvalue weighted by atomic mass is 79.9. The summed E-state index contributed by atoms with van der Waals surface area (Å²) in [7, 11) is 1.76. The van der Waals surface area contributed by atoms with Crippen molar-refractivity contribution in [3.8, 4) is 11.4 Å². The van der Waals surface area contributed by atoms with Crippen LogP contribution in [0.5, 0.6) is 0 Å². The number of hydrogen-bond acceptors (Lipinski definition) is 5. The summed E-state index contributed by atoms with van der Waals surface area (Å²) in [5.74, 6) is 0.766. The van der Waals surface area contributed by atoms with E-state index in [2.05, 4.69) is 31.5 Å². The van der Waals surface area contributed by atoms with Crippen molar-refractivity contribution in [2.24, 2.45) is 0 Å². The van der Waals surface area contributed by atoms with Crippen molar-refractivity contribution in [3.05, 3.63) is 22.2 Å². The Morgan fingerprint density at radius 3 is 2.90 bits per heavy atom. The SMILES string of the molecule is COC1CCC(n2nnnc2-c2cc(Br)cc(N)c2C)C1. The Labute approximate surface area is 131 Å². The molecule has 0 spiro atoms. The summed E-state index contributed by atoms with van der Waals surface area (Å²) in [6.45, 7) is 1.99. The van der Waals surface area contributed by atoms with Crippen molar-refractivity contribution in [2.75, 3.05) is 12.8 Å². The summed E-state index contributed by atoms with van der Waals surface area (Å²) in [6.07, 6.45) is 3.30. The third-order valence-corrected chi connectivity index (χ3v) is 4.64. The fraction of sp³-hybridized carbons (Fsp3) is 0.500. The first-order chi connectivity index (χ1) is 10.1. The summed E-state index contributed by atoms with van der Waals surface area (Å²) in [5.41, 5.74) is 8.74. The minimum atomic E-state index is 0.277. The van der Waals surface area contributed by atoms with E-state index in [1.54, 1.807) is 7.11 Å². The molecule has 2 unspecified atom stereocenters. The lowest BCUT2D eigenvalue weighted by molar-refractivity contribution is 0.105. The predicted molar refractivity (Wildman–Crippen MR) is 83.8 cm³/mol. The summed E-state index contributed by atoms with van der Waals surface area (Å²) < 4.78 is 8.27. The van der Waals surface area contributed by atoms with Crippen LogP contribution in [-0.4, -0.2) is 33.4 Å². The first-order valence-electron chi connectivity index (χ1n) is 6.96. The lowest BCUT2D eigenvalue weighted by atomic mass is 10.1. The van der Waals surface area contributed by atoms with Crippen LogP contribution in [0.2, 0.25) is 0 Å². The van der Waals surface area contributed by atoms with E-state index in [1.807, 2.05) is 23.7 Å². The van der Waals surface area contributed by atoms with Gasteiger partial charge in [0, 0.05) is 22.8 Å². The highest BCUT2D eigenvalue weighted by molar-refractivity contribution is 9.10. The van der Waals surface area contributed by atoms with Crippen LogP contribution in [-0.2, 0) is 4.74 Å². The van der Waals surface area contributed by atoms with Gasteiger partial charge in [0.2, 0.25) is 0 Å². The molecule has 21 heavy (non-hydrogen) atoms. The highest BCUT2D eigenvalue weighted by Gasteiger charge is 2.29. The summed E-state index contributed by atoms with van der Waals surface area (Å²) >= 11 is 3.48. The number of anilines is 1. The molecule has 1 aliphatic rings. The molecule has 2 aromatic rings. The lowest BCUT2D eigenvalue weighted by Gasteiger charge is -2.14. The van der Waals surface area contributed by atoms with Crippen molar-refractivity contribution < 1.29 is 4.74 Å². The van der Waals surface area contributed by atoms with Crippen LogP contribution in [0.25, 0.3) is 11.4 Å². The maximum Gasteiger partial charge on any atom is 0.182 e. The van der Waals surface area contributed by atoms with Crippen LogP contribution >= 0.6 is 15.9 Å². The molecule has 7 heteroatoms. The van der Waals surface area contributed by atoms with Crippen molar-refractivity contribution in [1.82, 2.24) is 20.2 Å². The quantitative estimate of drug-likeness (QED) is 0.860. The molecule has 2 atom stereocenters. The third kappa shape index (κ3) is 2.67. The van der Waals surface area contributed by atoms with Gasteiger partial charge in [0.1, 0.15) is 0 Å². The van der Waals surface area contributed by atoms with Crippen LogP contribution < -0.4 is 5.73 Å². The number of hydrogen-bond donors (Lipinski definition) is 1. The Kier molecular flexibility index (Phi) is 3.95. The van der Waals surface area contributed by atoms with Gasteiger partial charge >= 0.3 is 0 Å². The Morgan fingerprint density at radius 2 is 2.19 bits per heavy atom. The van der Waals surface area contributed by atoms with Gasteiger partial charge in [0.15, 0.2) is 5.82 Å². The molecule has 0 aliphatic heterocycles. The lowest BCUT2D eigenvalue weighted by Crippen LogP contribution is -2.12. The van der Waals surface area contributed by atoms with Crippen molar-refractivity contribution in [1.29, 1.82) is 0 Å². The smallest absolute Gasteiger partial charge is 0.182 e. The van der Waals surface area contributed by atoms with Gasteiger partial charge in [-0.15, -0.1) is 5.10 Å². The van der Waals surface area contributed by atoms with Gasteiger partial charge in [0.25, 0.3) is 0 Å². The van der Waals surface area contributed by atoms with Gasteiger partial charge in [-0.1, -0.05) is 15.9 Å². The molecule has 112 valence electrons. The number of tetrazole rings is 1. The molecule has 1 saturated carbocycles. The molecule has 0 amide bonds. The Hall–Kier alpha value is -1.47. The first kappa shape index (κ1) is 14.5. The van der Waals surface area contributed by atoms with Gasteiger partial charge in [-0.3, -0.25) is 0 Å². The number of nitrogen functional groups attached to an aromatic ring is 1. The van der Waals surface area contributed by atoms with E-state index in [0.29, 0.717) is 6.10 Å². The molecule has 6 nitrogen and oxygen atoms in total. The summed E-state index contributed by atoms with van der Waals surface area (Å²) in [6, 6.07) is 4.18. The van der Waals surface area contributed by atoms with Crippen LogP contribution in [0, 0.1) is 6.92 Å². The molecule has 1 aromatic heterocycles. The number of methoxy groups -OCH3 is 1. The van der Waals surface area contributed by atoms with Crippen LogP contribution in [0.1, 0.15) is 30.9 Å². The monoisotopic (exact) mass is 351 g/mol. The molecule has 0 saturated heterocycles. The fourth-order valence-electron chi connectivity index (χ4n) is 2.90. The van der Waals surface area contributed by atoms with Crippen molar-refractivity contribution in [2.45, 2.75) is 38.3 Å². The topological polar surface area (TPSA) is 78.8 Å².